The quantitative estimate of drug-likeness (QED) is 0.0146. The first-order valence-electron chi connectivity index (χ1n) is 36.8. The van der Waals surface area contributed by atoms with Gasteiger partial charge in [0.2, 0.25) is 0 Å². The summed E-state index contributed by atoms with van der Waals surface area (Å²) in [4.78, 5) is 58.6. The van der Waals surface area contributed by atoms with Crippen LogP contribution >= 0.6 is 15.6 Å². The number of carbonyl (C=O) groups excluding carboxylic acids is 3. The number of hydrogen-bond donors (Lipinski definition) is 4. The second kappa shape index (κ2) is 71.0. The van der Waals surface area contributed by atoms with Crippen LogP contribution < -0.4 is 0 Å². The summed E-state index contributed by atoms with van der Waals surface area (Å²) in [6.45, 7) is 2.33. The highest BCUT2D eigenvalue weighted by atomic mass is 31.2. The fourth-order valence-electron chi connectivity index (χ4n) is 9.16. The third-order valence-corrected chi connectivity index (χ3v) is 16.6. The van der Waals surface area contributed by atoms with E-state index in [1.807, 2.05) is 0 Å². The van der Waals surface area contributed by atoms with Crippen molar-refractivity contribution in [1.29, 1.82) is 0 Å². The van der Waals surface area contributed by atoms with Gasteiger partial charge >= 0.3 is 33.6 Å². The molecule has 0 aromatic carbocycles. The van der Waals surface area contributed by atoms with Gasteiger partial charge in [-0.05, 0) is 148 Å². The fraction of sp³-hybridized carbons (Fsp3) is 0.633. The zero-order valence-electron chi connectivity index (χ0n) is 59.9. The molecule has 0 amide bonds. The maximum Gasteiger partial charge on any atom is 0.472 e. The average Bonchev–Trinajstić information content (AvgIpc) is 1.62. The number of phosphoric acid groups is 2. The van der Waals surface area contributed by atoms with Gasteiger partial charge in [0.05, 0.1) is 26.4 Å². The molecule has 0 aromatic heterocycles. The minimum absolute atomic E-state index is 0.0742. The summed E-state index contributed by atoms with van der Waals surface area (Å²) in [5.74, 6) is -1.65. The summed E-state index contributed by atoms with van der Waals surface area (Å²) in [5.41, 5.74) is 0. The summed E-state index contributed by atoms with van der Waals surface area (Å²) >= 11 is 0. The largest absolute Gasteiger partial charge is 0.472 e. The van der Waals surface area contributed by atoms with Crippen molar-refractivity contribution in [3.63, 3.8) is 0 Å². The number of esters is 3. The van der Waals surface area contributed by atoms with E-state index in [4.69, 9.17) is 32.3 Å². The van der Waals surface area contributed by atoms with Crippen molar-refractivity contribution in [3.05, 3.63) is 158 Å². The van der Waals surface area contributed by atoms with Gasteiger partial charge in [-0.1, -0.05) is 256 Å². The molecule has 5 unspecified atom stereocenters. The van der Waals surface area contributed by atoms with Gasteiger partial charge in [0, 0.05) is 19.3 Å². The van der Waals surface area contributed by atoms with E-state index in [0.717, 1.165) is 180 Å². The molecule has 0 spiro atoms. The van der Waals surface area contributed by atoms with Crippen molar-refractivity contribution in [2.75, 3.05) is 39.6 Å². The van der Waals surface area contributed by atoms with Crippen LogP contribution in [0.1, 0.15) is 265 Å². The van der Waals surface area contributed by atoms with Crippen molar-refractivity contribution >= 4 is 33.6 Å². The van der Waals surface area contributed by atoms with Crippen LogP contribution in [0.25, 0.3) is 0 Å². The van der Waals surface area contributed by atoms with E-state index in [-0.39, 0.29) is 19.3 Å². The number of unbranched alkanes of at least 4 members (excludes halogenated alkanes) is 19. The summed E-state index contributed by atoms with van der Waals surface area (Å²) in [6.07, 6.45) is 87.1. The molecule has 552 valence electrons. The van der Waals surface area contributed by atoms with E-state index in [1.165, 1.54) is 25.7 Å². The fourth-order valence-corrected chi connectivity index (χ4v) is 10.7. The monoisotopic (exact) mass is 1400 g/mol. The van der Waals surface area contributed by atoms with Gasteiger partial charge in [0.1, 0.15) is 25.4 Å². The van der Waals surface area contributed by atoms with Gasteiger partial charge in [-0.2, -0.15) is 0 Å². The molecule has 0 fully saturated rings. The summed E-state index contributed by atoms with van der Waals surface area (Å²) in [6, 6.07) is 0. The zero-order valence-corrected chi connectivity index (χ0v) is 61.7. The topological polar surface area (TPSA) is 231 Å². The molecule has 0 aliphatic heterocycles. The standard InChI is InChI=1S/C79H130O16P2/c1-4-7-10-13-16-19-22-25-28-31-34-35-36-37-40-42-44-47-50-53-56-59-62-65-77(82)89-68-74(80)69-91-96(85,86)92-70-75(81)71-93-97(87,88)94-73-76(95-79(84)67-64-61-58-55-52-49-46-43-39-33-30-27-24-21-18-15-12-9-6-3)72-90-78(83)66-63-60-57-54-51-48-45-41-38-32-29-26-23-20-17-14-11-8-5-2/h8-9,11-12,16-21,25-30,34-35,37-41,43,48,51,74-76,80-81H,4-7,10,13-15,22-24,31-33,36,42,44-47,49-50,52-73H2,1-3H3,(H,85,86)(H,87,88)/b11-8-,12-9-,19-16-,20-17-,21-18-,28-25-,29-26-,30-27-,35-34-,40-37-,41-38-,43-39-,51-48-. The highest BCUT2D eigenvalue weighted by molar-refractivity contribution is 7.47. The molecule has 97 heavy (non-hydrogen) atoms. The van der Waals surface area contributed by atoms with E-state index in [9.17, 15) is 43.5 Å². The number of aliphatic hydroxyl groups excluding tert-OH is 2. The van der Waals surface area contributed by atoms with E-state index < -0.39 is 91.5 Å². The molecule has 0 radical (unpaired) electrons. The van der Waals surface area contributed by atoms with Crippen LogP contribution in [0.3, 0.4) is 0 Å². The number of carbonyl (C=O) groups is 3. The van der Waals surface area contributed by atoms with Crippen LogP contribution in [0, 0.1) is 0 Å². The molecular formula is C79H130O16P2. The minimum atomic E-state index is -4.95. The first kappa shape index (κ1) is 92.2. The normalized spacial score (nSPS) is 15.0. The van der Waals surface area contributed by atoms with Crippen molar-refractivity contribution < 1.29 is 75.8 Å². The average molecular weight is 1400 g/mol. The number of ether oxygens (including phenoxy) is 3. The molecule has 16 nitrogen and oxygen atoms in total. The van der Waals surface area contributed by atoms with Crippen LogP contribution in [0.5, 0.6) is 0 Å². The van der Waals surface area contributed by atoms with E-state index in [0.29, 0.717) is 19.3 Å². The van der Waals surface area contributed by atoms with E-state index >= 15 is 0 Å². The Bertz CT molecular complexity index is 2400. The molecule has 0 aliphatic rings. The third-order valence-electron chi connectivity index (χ3n) is 14.7. The smallest absolute Gasteiger partial charge is 0.463 e. The molecule has 0 saturated heterocycles. The van der Waals surface area contributed by atoms with Crippen LogP contribution in [0.4, 0.5) is 0 Å². The van der Waals surface area contributed by atoms with Gasteiger partial charge < -0.3 is 34.2 Å². The van der Waals surface area contributed by atoms with Crippen molar-refractivity contribution in [1.82, 2.24) is 0 Å². The predicted octanol–water partition coefficient (Wildman–Crippen LogP) is 21.1. The number of rotatable bonds is 68. The maximum atomic E-state index is 13.0. The molecule has 0 aliphatic carbocycles. The summed E-state index contributed by atoms with van der Waals surface area (Å²) < 4.78 is 61.0. The first-order chi connectivity index (χ1) is 47.2. The maximum absolute atomic E-state index is 13.0. The predicted molar refractivity (Wildman–Crippen MR) is 399 cm³/mol. The lowest BCUT2D eigenvalue weighted by Gasteiger charge is -2.21. The molecule has 5 atom stereocenters. The number of aliphatic hydroxyl groups is 2. The van der Waals surface area contributed by atoms with Crippen molar-refractivity contribution in [3.8, 4) is 0 Å². The van der Waals surface area contributed by atoms with Gasteiger partial charge in [-0.25, -0.2) is 9.13 Å². The Labute approximate surface area is 587 Å². The van der Waals surface area contributed by atoms with E-state index in [2.05, 4.69) is 179 Å². The Kier molecular flexibility index (Phi) is 67.5. The summed E-state index contributed by atoms with van der Waals surface area (Å²) in [5, 5.41) is 20.6. The Morgan fingerprint density at radius 3 is 0.876 bits per heavy atom. The minimum Gasteiger partial charge on any atom is -0.463 e. The lowest BCUT2D eigenvalue weighted by Crippen LogP contribution is -2.30. The second-order valence-electron chi connectivity index (χ2n) is 24.0. The van der Waals surface area contributed by atoms with Gasteiger partial charge in [-0.15, -0.1) is 0 Å². The van der Waals surface area contributed by atoms with Gasteiger partial charge in [0.15, 0.2) is 6.10 Å². The molecule has 0 heterocycles. The molecule has 0 rings (SSSR count). The number of hydrogen-bond acceptors (Lipinski definition) is 14. The third kappa shape index (κ3) is 72.2. The Balaban J connectivity index is 4.74. The van der Waals surface area contributed by atoms with Crippen LogP contribution in [-0.4, -0.2) is 95.9 Å². The highest BCUT2D eigenvalue weighted by Gasteiger charge is 2.29. The van der Waals surface area contributed by atoms with Crippen LogP contribution in [-0.2, 0) is 55.8 Å². The summed E-state index contributed by atoms with van der Waals surface area (Å²) in [7, 11) is -9.82. The SMILES string of the molecule is CC/C=C\C/C=C\C/C=C\C/C=C\C/C=C\CCCCCC(=O)OCC(COP(=O)(O)OCC(O)COP(=O)(O)OCC(O)COC(=O)CCCCCCCCC/C=C\C/C=C\C/C=C\C/C=C\CCCCC)OC(=O)CCCCCCCC/C=C\C/C=C\C/C=C\C/C=C\CC. The molecule has 0 bridgehead atoms. The van der Waals surface area contributed by atoms with Crippen LogP contribution in [0.15, 0.2) is 158 Å². The van der Waals surface area contributed by atoms with Crippen LogP contribution in [0.2, 0.25) is 0 Å². The Morgan fingerprint density at radius 1 is 0.299 bits per heavy atom. The molecule has 18 heteroatoms. The zero-order chi connectivity index (χ0) is 70.9. The van der Waals surface area contributed by atoms with Crippen molar-refractivity contribution in [2.24, 2.45) is 0 Å². The number of allylic oxidation sites excluding steroid dienone is 26. The number of phosphoric ester groups is 2. The first-order valence-corrected chi connectivity index (χ1v) is 39.8. The van der Waals surface area contributed by atoms with Gasteiger partial charge in [0.25, 0.3) is 0 Å². The lowest BCUT2D eigenvalue weighted by molar-refractivity contribution is -0.161. The van der Waals surface area contributed by atoms with Crippen molar-refractivity contribution in [2.45, 2.75) is 283 Å². The molecule has 0 aromatic rings. The van der Waals surface area contributed by atoms with E-state index in [1.54, 1.807) is 0 Å². The second-order valence-corrected chi connectivity index (χ2v) is 26.9. The Morgan fingerprint density at radius 2 is 0.546 bits per heavy atom. The highest BCUT2D eigenvalue weighted by Crippen LogP contribution is 2.45. The molecule has 4 N–H and O–H groups in total. The van der Waals surface area contributed by atoms with Gasteiger partial charge in [-0.3, -0.25) is 32.5 Å². The Hall–Kier alpha value is -4.83. The lowest BCUT2D eigenvalue weighted by atomic mass is 10.1. The molecule has 0 saturated carbocycles. The molecular weight excluding hydrogens is 1270 g/mol.